The van der Waals surface area contributed by atoms with Gasteiger partial charge < -0.3 is 8.23 Å². The maximum atomic E-state index is 5.90. The van der Waals surface area contributed by atoms with Crippen LogP contribution in [-0.4, -0.2) is 25.9 Å². The highest BCUT2D eigenvalue weighted by Crippen LogP contribution is 2.10. The predicted molar refractivity (Wildman–Crippen MR) is 75.3 cm³/mol. The van der Waals surface area contributed by atoms with Crippen LogP contribution >= 0.6 is 0 Å². The molecule has 0 saturated heterocycles. The van der Waals surface area contributed by atoms with Crippen molar-refractivity contribution in [2.45, 2.75) is 60.7 Å². The van der Waals surface area contributed by atoms with Gasteiger partial charge in [0.1, 0.15) is 0 Å². The Morgan fingerprint density at radius 3 is 1.07 bits per heavy atom. The van der Waals surface area contributed by atoms with E-state index in [2.05, 4.69) is 45.8 Å². The van der Waals surface area contributed by atoms with Crippen LogP contribution in [0.15, 0.2) is 0 Å². The second kappa shape index (κ2) is 6.95. The summed E-state index contributed by atoms with van der Waals surface area (Å²) in [5, 5.41) is 0. The summed E-state index contributed by atoms with van der Waals surface area (Å²) in [5.41, 5.74) is 0. The first-order valence-electron chi connectivity index (χ1n) is 4.46. The molecule has 0 saturated carbocycles. The summed E-state index contributed by atoms with van der Waals surface area (Å²) in [6.45, 7) is 15.4. The van der Waals surface area contributed by atoms with E-state index in [1.807, 2.05) is 0 Å². The summed E-state index contributed by atoms with van der Waals surface area (Å²) in [6, 6.07) is 0. The molecule has 2 nitrogen and oxygen atoms in total. The molecule has 0 unspecified atom stereocenters. The smallest absolute Gasteiger partial charge is 0.297 e. The van der Waals surface area contributed by atoms with Crippen LogP contribution in [0.2, 0.25) is 45.8 Å². The zero-order valence-corrected chi connectivity index (χ0v) is 12.5. The van der Waals surface area contributed by atoms with Gasteiger partial charge in [0.2, 0.25) is 0 Å². The third-order valence-electron chi connectivity index (χ3n) is 1.04. The van der Waals surface area contributed by atoms with Crippen LogP contribution in [0.25, 0.3) is 0 Å². The van der Waals surface area contributed by atoms with Gasteiger partial charge in [-0.05, 0) is 45.8 Å². The van der Waals surface area contributed by atoms with Crippen molar-refractivity contribution >= 4 is 25.9 Å². The lowest BCUT2D eigenvalue weighted by Gasteiger charge is -2.28. The fourth-order valence-electron chi connectivity index (χ4n) is 1.02. The zero-order chi connectivity index (χ0) is 9.99. The first-order chi connectivity index (χ1) is 5.10. The van der Waals surface area contributed by atoms with Crippen molar-refractivity contribution in [3.05, 3.63) is 0 Å². The van der Waals surface area contributed by atoms with Gasteiger partial charge in [0.05, 0.1) is 0 Å². The first kappa shape index (κ1) is 20.0. The number of hydrogen-bond acceptors (Lipinski definition) is 2. The molecule has 0 rings (SSSR count). The van der Waals surface area contributed by atoms with E-state index in [0.29, 0.717) is 0 Å². The molecule has 5 heteroatoms. The highest BCUT2D eigenvalue weighted by molar-refractivity contribution is 6.80. The van der Waals surface area contributed by atoms with E-state index in [1.165, 1.54) is 0 Å². The molecule has 0 atom stereocenters. The van der Waals surface area contributed by atoms with E-state index >= 15 is 0 Å². The van der Waals surface area contributed by atoms with Crippen LogP contribution in [0.1, 0.15) is 14.9 Å². The lowest BCUT2D eigenvalue weighted by atomic mass is 11.8. The molecule has 0 fully saturated rings. The lowest BCUT2D eigenvalue weighted by Crippen LogP contribution is -2.41. The summed E-state index contributed by atoms with van der Waals surface area (Å²) < 4.78 is 11.8. The van der Waals surface area contributed by atoms with E-state index in [-0.39, 0.29) is 14.9 Å². The SMILES string of the molecule is C.C.C[SiH](O[Si](C)(C)C)O[Si](C)(C)C. The van der Waals surface area contributed by atoms with E-state index in [1.54, 1.807) is 0 Å². The van der Waals surface area contributed by atoms with E-state index in [0.717, 1.165) is 0 Å². The molecule has 0 aliphatic carbocycles. The lowest BCUT2D eigenvalue weighted by molar-refractivity contribution is 0.428. The maximum Gasteiger partial charge on any atom is 0.297 e. The van der Waals surface area contributed by atoms with E-state index < -0.39 is 25.9 Å². The van der Waals surface area contributed by atoms with Gasteiger partial charge in [0.15, 0.2) is 16.6 Å². The molecule has 0 aromatic rings. The minimum Gasteiger partial charge on any atom is -0.439 e. The monoisotopic (exact) mass is 254 g/mol. The molecule has 14 heavy (non-hydrogen) atoms. The molecule has 0 bridgehead atoms. The molecule has 0 radical (unpaired) electrons. The Bertz CT molecular complexity index is 122. The van der Waals surface area contributed by atoms with Gasteiger partial charge >= 0.3 is 0 Å². The average molecular weight is 255 g/mol. The van der Waals surface area contributed by atoms with Crippen molar-refractivity contribution in [2.75, 3.05) is 0 Å². The summed E-state index contributed by atoms with van der Waals surface area (Å²) in [5.74, 6) is 0. The standard InChI is InChI=1S/C7H22O2Si3.2CH4/c1-10(8-11(2,3)4)9-12(5,6)7;;/h10H,1-7H3;2*1H4. The van der Waals surface area contributed by atoms with Gasteiger partial charge in [0.25, 0.3) is 9.28 Å². The minimum absolute atomic E-state index is 0. The van der Waals surface area contributed by atoms with Crippen LogP contribution in [0, 0.1) is 0 Å². The van der Waals surface area contributed by atoms with E-state index in [9.17, 15) is 0 Å². The Kier molecular flexibility index (Phi) is 9.94. The molecule has 90 valence electrons. The van der Waals surface area contributed by atoms with Crippen molar-refractivity contribution in [1.29, 1.82) is 0 Å². The Balaban J connectivity index is -0.000000605. The fourth-order valence-corrected chi connectivity index (χ4v) is 9.61. The molecule has 0 amide bonds. The molecule has 0 aliphatic rings. The molecular weight excluding hydrogens is 224 g/mol. The van der Waals surface area contributed by atoms with E-state index in [4.69, 9.17) is 8.23 Å². The van der Waals surface area contributed by atoms with Crippen LogP contribution < -0.4 is 0 Å². The largest absolute Gasteiger partial charge is 0.439 e. The molecule has 0 spiro atoms. The minimum atomic E-state index is -1.36. The van der Waals surface area contributed by atoms with Gasteiger partial charge in [-0.15, -0.1) is 0 Å². The van der Waals surface area contributed by atoms with Gasteiger partial charge in [-0.2, -0.15) is 0 Å². The Hall–Kier alpha value is 0.571. The Morgan fingerprint density at radius 1 is 0.714 bits per heavy atom. The number of hydrogen-bond donors (Lipinski definition) is 0. The predicted octanol–water partition coefficient (Wildman–Crippen LogP) is 3.81. The molecule has 0 heterocycles. The van der Waals surface area contributed by atoms with Gasteiger partial charge in [0, 0.05) is 0 Å². The van der Waals surface area contributed by atoms with Crippen molar-refractivity contribution in [3.8, 4) is 0 Å². The zero-order valence-electron chi connectivity index (χ0n) is 9.39. The third kappa shape index (κ3) is 15.1. The normalized spacial score (nSPS) is 12.0. The van der Waals surface area contributed by atoms with Crippen molar-refractivity contribution in [1.82, 2.24) is 0 Å². The van der Waals surface area contributed by atoms with Crippen molar-refractivity contribution in [3.63, 3.8) is 0 Å². The molecule has 0 aromatic heterocycles. The van der Waals surface area contributed by atoms with Crippen LogP contribution in [-0.2, 0) is 8.23 Å². The topological polar surface area (TPSA) is 18.5 Å². The van der Waals surface area contributed by atoms with Gasteiger partial charge in [-0.3, -0.25) is 0 Å². The second-order valence-corrected chi connectivity index (χ2v) is 16.5. The summed E-state index contributed by atoms with van der Waals surface area (Å²) >= 11 is 0. The summed E-state index contributed by atoms with van der Waals surface area (Å²) in [4.78, 5) is 0. The Labute approximate surface area is 95.1 Å². The highest BCUT2D eigenvalue weighted by atomic mass is 28.4. The Morgan fingerprint density at radius 2 is 0.929 bits per heavy atom. The molecule has 0 N–H and O–H groups in total. The third-order valence-corrected chi connectivity index (χ3v) is 9.35. The summed E-state index contributed by atoms with van der Waals surface area (Å²) in [7, 11) is -4.05. The van der Waals surface area contributed by atoms with Gasteiger partial charge in [-0.25, -0.2) is 0 Å². The maximum absolute atomic E-state index is 5.90. The second-order valence-electron chi connectivity index (χ2n) is 5.03. The summed E-state index contributed by atoms with van der Waals surface area (Å²) in [6.07, 6.45) is 0. The van der Waals surface area contributed by atoms with Crippen LogP contribution in [0.4, 0.5) is 0 Å². The molecular formula is C9H30O2Si3. The van der Waals surface area contributed by atoms with Crippen molar-refractivity contribution < 1.29 is 8.23 Å². The molecule has 0 aromatic carbocycles. The highest BCUT2D eigenvalue weighted by Gasteiger charge is 2.24. The fraction of sp³-hybridized carbons (Fsp3) is 1.00. The van der Waals surface area contributed by atoms with Crippen LogP contribution in [0.5, 0.6) is 0 Å². The van der Waals surface area contributed by atoms with Crippen molar-refractivity contribution in [2.24, 2.45) is 0 Å². The quantitative estimate of drug-likeness (QED) is 0.710. The van der Waals surface area contributed by atoms with Gasteiger partial charge in [-0.1, -0.05) is 14.9 Å². The van der Waals surface area contributed by atoms with Crippen LogP contribution in [0.3, 0.4) is 0 Å². The number of rotatable bonds is 4. The average Bonchev–Trinajstić information content (AvgIpc) is 1.49. The molecule has 0 aliphatic heterocycles. The first-order valence-corrected chi connectivity index (χ1v) is 13.4.